The van der Waals surface area contributed by atoms with Crippen molar-refractivity contribution in [2.75, 3.05) is 33.3 Å². The number of Topliss-reactive ketones (excluding diaryl/α,β-unsaturated/α-hetero) is 1. The van der Waals surface area contributed by atoms with Gasteiger partial charge in [-0.2, -0.15) is 0 Å². The maximum absolute atomic E-state index is 14.6. The van der Waals surface area contributed by atoms with E-state index in [9.17, 15) is 14.4 Å². The van der Waals surface area contributed by atoms with Gasteiger partial charge in [-0.1, -0.05) is 68.2 Å². The Bertz CT molecular complexity index is 1590. The molecule has 2 unspecified atom stereocenters. The fourth-order valence-corrected chi connectivity index (χ4v) is 5.82. The van der Waals surface area contributed by atoms with Gasteiger partial charge in [-0.05, 0) is 61.4 Å². The summed E-state index contributed by atoms with van der Waals surface area (Å²) in [6.45, 7) is 10.1. The van der Waals surface area contributed by atoms with Gasteiger partial charge in [0.05, 0.1) is 31.4 Å². The third-order valence-electron chi connectivity index (χ3n) is 7.83. The van der Waals surface area contributed by atoms with Gasteiger partial charge in [-0.3, -0.25) is 19.5 Å². The molecule has 2 atom stereocenters. The third kappa shape index (κ3) is 8.26. The summed E-state index contributed by atoms with van der Waals surface area (Å²) in [6, 6.07) is 18.7. The van der Waals surface area contributed by atoms with Crippen molar-refractivity contribution >= 4 is 46.8 Å². The number of hydrogen-bond donors (Lipinski definition) is 0. The highest BCUT2D eigenvalue weighted by molar-refractivity contribution is 6.30. The molecule has 2 aliphatic heterocycles. The Balaban J connectivity index is 0.00000245. The second-order valence-electron chi connectivity index (χ2n) is 11.3. The van der Waals surface area contributed by atoms with Gasteiger partial charge in [0.25, 0.3) is 0 Å². The molecule has 2 aliphatic rings. The molecule has 0 bridgehead atoms. The van der Waals surface area contributed by atoms with E-state index in [1.165, 1.54) is 9.80 Å². The number of aliphatic imine (C=N–C) groups is 1. The summed E-state index contributed by atoms with van der Waals surface area (Å²) in [5, 5.41) is 1.14. The average molecular weight is 682 g/mol. The third-order valence-corrected chi connectivity index (χ3v) is 8.34. The normalized spacial score (nSPS) is 17.7. The quantitative estimate of drug-likeness (QED) is 0.232. The van der Waals surface area contributed by atoms with Gasteiger partial charge in [-0.15, -0.1) is 0 Å². The first kappa shape index (κ1) is 35.8. The fraction of sp³-hybridized carbons (Fsp3) is 0.389. The molecule has 5 rings (SSSR count). The van der Waals surface area contributed by atoms with Crippen LogP contribution in [-0.4, -0.2) is 77.6 Å². The van der Waals surface area contributed by atoms with E-state index in [0.717, 1.165) is 11.1 Å². The predicted molar refractivity (Wildman–Crippen MR) is 186 cm³/mol. The van der Waals surface area contributed by atoms with E-state index in [-0.39, 0.29) is 50.0 Å². The van der Waals surface area contributed by atoms with Gasteiger partial charge in [-0.25, -0.2) is 4.79 Å². The molecular formula is C36H42Cl2N4O5. The van der Waals surface area contributed by atoms with Crippen LogP contribution in [0.15, 0.2) is 71.7 Å². The van der Waals surface area contributed by atoms with E-state index in [1.807, 2.05) is 64.1 Å². The zero-order chi connectivity index (χ0) is 34.2. The topological polar surface area (TPSA) is 91.8 Å². The number of carbonyl (C=O) groups excluding carboxylic acids is 3. The number of ether oxygens (including phenoxy) is 2. The number of ketones is 1. The largest absolute Gasteiger partial charge is 0.496 e. The monoisotopic (exact) mass is 680 g/mol. The Labute approximate surface area is 287 Å². The van der Waals surface area contributed by atoms with Crippen molar-refractivity contribution in [3.05, 3.63) is 93.5 Å². The number of piperazine rings is 1. The van der Waals surface area contributed by atoms with Crippen LogP contribution < -0.4 is 9.47 Å². The van der Waals surface area contributed by atoms with Crippen molar-refractivity contribution in [3.8, 4) is 11.5 Å². The minimum atomic E-state index is -0.586. The molecule has 0 aliphatic carbocycles. The van der Waals surface area contributed by atoms with Crippen LogP contribution in [0.5, 0.6) is 11.5 Å². The van der Waals surface area contributed by atoms with Crippen molar-refractivity contribution in [1.82, 2.24) is 14.7 Å². The van der Waals surface area contributed by atoms with Crippen molar-refractivity contribution in [3.63, 3.8) is 0 Å². The summed E-state index contributed by atoms with van der Waals surface area (Å²) in [4.78, 5) is 49.7. The first-order valence-corrected chi connectivity index (χ1v) is 16.7. The SMILES string of the molecule is CC.CCC(=O)CN1CCN(C(=O)N2C(c3ccc(OC(C)C)cc3OC)=NC(c3ccc(Cl)cc3)C2c2ccc(Cl)cc2)CC1=O. The maximum Gasteiger partial charge on any atom is 0.326 e. The zero-order valence-electron chi connectivity index (χ0n) is 27.7. The van der Waals surface area contributed by atoms with Crippen LogP contribution in [0.1, 0.15) is 69.8 Å². The lowest BCUT2D eigenvalue weighted by molar-refractivity contribution is -0.138. The second-order valence-corrected chi connectivity index (χ2v) is 12.1. The van der Waals surface area contributed by atoms with Crippen LogP contribution in [-0.2, 0) is 9.59 Å². The number of benzene rings is 3. The van der Waals surface area contributed by atoms with Gasteiger partial charge in [0, 0.05) is 35.6 Å². The Morgan fingerprint density at radius 2 is 1.55 bits per heavy atom. The highest BCUT2D eigenvalue weighted by atomic mass is 35.5. The fourth-order valence-electron chi connectivity index (χ4n) is 5.57. The zero-order valence-corrected chi connectivity index (χ0v) is 29.2. The lowest BCUT2D eigenvalue weighted by Crippen LogP contribution is -2.57. The molecule has 1 fully saturated rings. The van der Waals surface area contributed by atoms with Crippen LogP contribution in [0.2, 0.25) is 10.0 Å². The Hall–Kier alpha value is -4.08. The van der Waals surface area contributed by atoms with E-state index in [2.05, 4.69) is 0 Å². The molecular weight excluding hydrogens is 639 g/mol. The van der Waals surface area contributed by atoms with E-state index in [0.29, 0.717) is 39.4 Å². The number of nitrogens with zero attached hydrogens (tertiary/aromatic N) is 4. The van der Waals surface area contributed by atoms with Gasteiger partial charge in [0.2, 0.25) is 5.91 Å². The number of amidine groups is 1. The Kier molecular flexibility index (Phi) is 12.3. The molecule has 11 heteroatoms. The molecule has 0 aromatic heterocycles. The lowest BCUT2D eigenvalue weighted by Gasteiger charge is -2.38. The van der Waals surface area contributed by atoms with Crippen LogP contribution >= 0.6 is 23.2 Å². The first-order chi connectivity index (χ1) is 22.6. The van der Waals surface area contributed by atoms with Gasteiger partial charge >= 0.3 is 6.03 Å². The first-order valence-electron chi connectivity index (χ1n) is 15.9. The molecule has 3 amide bonds. The predicted octanol–water partition coefficient (Wildman–Crippen LogP) is 7.60. The van der Waals surface area contributed by atoms with E-state index in [1.54, 1.807) is 49.3 Å². The summed E-state index contributed by atoms with van der Waals surface area (Å²) in [6.07, 6.45) is 0.299. The molecule has 2 heterocycles. The number of amides is 3. The van der Waals surface area contributed by atoms with Gasteiger partial charge < -0.3 is 19.3 Å². The Morgan fingerprint density at radius 1 is 0.936 bits per heavy atom. The van der Waals surface area contributed by atoms with Crippen molar-refractivity contribution < 1.29 is 23.9 Å². The van der Waals surface area contributed by atoms with Crippen molar-refractivity contribution in [2.24, 2.45) is 4.99 Å². The summed E-state index contributed by atoms with van der Waals surface area (Å²) in [5.74, 6) is 1.19. The highest BCUT2D eigenvalue weighted by Crippen LogP contribution is 2.46. The average Bonchev–Trinajstić information content (AvgIpc) is 3.46. The number of urea groups is 1. The summed E-state index contributed by atoms with van der Waals surface area (Å²) < 4.78 is 11.7. The number of rotatable bonds is 9. The van der Waals surface area contributed by atoms with Crippen molar-refractivity contribution in [2.45, 2.75) is 59.2 Å². The molecule has 3 aromatic carbocycles. The van der Waals surface area contributed by atoms with E-state index >= 15 is 0 Å². The standard InChI is InChI=1S/C34H36Cl2N4O5.C2H6/c1-5-26(41)19-38-16-17-39(20-30(38)42)34(43)40-32(23-8-12-25(36)13-9-23)31(22-6-10-24(35)11-7-22)37-33(40)28-15-14-27(45-21(2)3)18-29(28)44-4;1-2/h6-15,18,21,31-32H,5,16-17,19-20H2,1-4H3;1-2H3. The molecule has 0 spiro atoms. The molecule has 9 nitrogen and oxygen atoms in total. The Morgan fingerprint density at radius 3 is 2.11 bits per heavy atom. The molecule has 47 heavy (non-hydrogen) atoms. The van der Waals surface area contributed by atoms with Crippen LogP contribution in [0, 0.1) is 0 Å². The number of methoxy groups -OCH3 is 1. The molecule has 1 saturated heterocycles. The van der Waals surface area contributed by atoms with Crippen LogP contribution in [0.25, 0.3) is 0 Å². The maximum atomic E-state index is 14.6. The number of carbonyl (C=O) groups is 3. The highest BCUT2D eigenvalue weighted by Gasteiger charge is 2.45. The summed E-state index contributed by atoms with van der Waals surface area (Å²) in [5.41, 5.74) is 2.25. The van der Waals surface area contributed by atoms with Gasteiger partial charge in [0.1, 0.15) is 29.9 Å². The second kappa shape index (κ2) is 16.2. The molecule has 0 saturated carbocycles. The molecule has 250 valence electrons. The molecule has 3 aromatic rings. The molecule has 0 N–H and O–H groups in total. The minimum Gasteiger partial charge on any atom is -0.496 e. The van der Waals surface area contributed by atoms with E-state index in [4.69, 9.17) is 37.7 Å². The van der Waals surface area contributed by atoms with Crippen LogP contribution in [0.3, 0.4) is 0 Å². The minimum absolute atomic E-state index is 0.0253. The van der Waals surface area contributed by atoms with E-state index < -0.39 is 12.1 Å². The number of hydrogen-bond acceptors (Lipinski definition) is 6. The van der Waals surface area contributed by atoms with Crippen molar-refractivity contribution in [1.29, 1.82) is 0 Å². The molecule has 0 radical (unpaired) electrons. The van der Waals surface area contributed by atoms with Gasteiger partial charge in [0.15, 0.2) is 5.78 Å². The lowest BCUT2D eigenvalue weighted by atomic mass is 9.93. The summed E-state index contributed by atoms with van der Waals surface area (Å²) in [7, 11) is 1.56. The smallest absolute Gasteiger partial charge is 0.326 e. The number of halogens is 2. The summed E-state index contributed by atoms with van der Waals surface area (Å²) >= 11 is 12.5. The van der Waals surface area contributed by atoms with Crippen LogP contribution in [0.4, 0.5) is 4.79 Å².